The molecule has 0 spiro atoms. The van der Waals surface area contributed by atoms with E-state index in [-0.39, 0.29) is 11.7 Å². The fraction of sp³-hybridized carbons (Fsp3) is 0.353. The highest BCUT2D eigenvalue weighted by molar-refractivity contribution is 5.44. The Morgan fingerprint density at radius 3 is 2.65 bits per heavy atom. The summed E-state index contributed by atoms with van der Waals surface area (Å²) in [4.78, 5) is 2.31. The van der Waals surface area contributed by atoms with Crippen molar-refractivity contribution in [3.8, 4) is 0 Å². The van der Waals surface area contributed by atoms with Crippen molar-refractivity contribution in [2.75, 3.05) is 18.4 Å². The van der Waals surface area contributed by atoms with Gasteiger partial charge in [-0.2, -0.15) is 17.7 Å². The minimum Gasteiger partial charge on any atom is -0.365 e. The predicted octanol–water partition coefficient (Wildman–Crippen LogP) is 2.83. The molecule has 2 aromatic heterocycles. The quantitative estimate of drug-likeness (QED) is 0.773. The maximum atomic E-state index is 13.0. The maximum Gasteiger partial charge on any atom is 0.453 e. The monoisotopic (exact) mass is 362 g/mol. The molecule has 6 nitrogen and oxygen atoms in total. The van der Waals surface area contributed by atoms with Crippen molar-refractivity contribution in [3.63, 3.8) is 0 Å². The molecular formula is C17H17F3N6. The van der Waals surface area contributed by atoms with Crippen LogP contribution >= 0.6 is 0 Å². The summed E-state index contributed by atoms with van der Waals surface area (Å²) < 4.78 is 39.6. The number of anilines is 1. The Balaban J connectivity index is 1.44. The first-order chi connectivity index (χ1) is 12.5. The lowest BCUT2D eigenvalue weighted by atomic mass is 10.2. The lowest BCUT2D eigenvalue weighted by molar-refractivity contribution is -0.146. The number of hydrogen-bond acceptors (Lipinski definition) is 5. The minimum atomic E-state index is -4.59. The molecule has 0 amide bonds. The molecule has 136 valence electrons. The molecule has 26 heavy (non-hydrogen) atoms. The second-order valence-electron chi connectivity index (χ2n) is 6.36. The molecule has 0 unspecified atom stereocenters. The molecule has 1 N–H and O–H groups in total. The van der Waals surface area contributed by atoms with E-state index in [9.17, 15) is 13.2 Å². The molecule has 1 aliphatic rings. The zero-order valence-corrected chi connectivity index (χ0v) is 13.8. The Bertz CT molecular complexity index is 892. The van der Waals surface area contributed by atoms with Gasteiger partial charge in [-0.3, -0.25) is 4.90 Å². The fourth-order valence-electron chi connectivity index (χ4n) is 3.19. The maximum absolute atomic E-state index is 13.0. The van der Waals surface area contributed by atoms with Gasteiger partial charge in [0.2, 0.25) is 0 Å². The number of likely N-dealkylation sites (tertiary alicyclic amines) is 1. The Morgan fingerprint density at radius 1 is 1.08 bits per heavy atom. The summed E-state index contributed by atoms with van der Waals surface area (Å²) in [7, 11) is 0. The van der Waals surface area contributed by atoms with Crippen LogP contribution in [-0.2, 0) is 12.7 Å². The number of hydrogen-bond donors (Lipinski definition) is 1. The zero-order chi connectivity index (χ0) is 18.1. The molecule has 0 bridgehead atoms. The number of nitrogens with zero attached hydrogens (tertiary/aromatic N) is 5. The Hall–Kier alpha value is -2.68. The van der Waals surface area contributed by atoms with E-state index in [0.717, 1.165) is 30.6 Å². The van der Waals surface area contributed by atoms with E-state index in [1.165, 1.54) is 11.6 Å². The van der Waals surface area contributed by atoms with Crippen molar-refractivity contribution in [1.82, 2.24) is 24.7 Å². The molecule has 9 heteroatoms. The zero-order valence-electron chi connectivity index (χ0n) is 13.8. The van der Waals surface area contributed by atoms with Crippen LogP contribution in [0.1, 0.15) is 17.8 Å². The van der Waals surface area contributed by atoms with Gasteiger partial charge in [0.15, 0.2) is 5.65 Å². The van der Waals surface area contributed by atoms with Crippen LogP contribution in [-0.4, -0.2) is 43.8 Å². The van der Waals surface area contributed by atoms with Gasteiger partial charge in [0.05, 0.1) is 0 Å². The van der Waals surface area contributed by atoms with Crippen LogP contribution in [0.2, 0.25) is 0 Å². The Morgan fingerprint density at radius 2 is 1.88 bits per heavy atom. The van der Waals surface area contributed by atoms with Crippen molar-refractivity contribution >= 4 is 11.5 Å². The predicted molar refractivity (Wildman–Crippen MR) is 89.5 cm³/mol. The highest BCUT2D eigenvalue weighted by Gasteiger charge is 2.37. The van der Waals surface area contributed by atoms with Gasteiger partial charge >= 0.3 is 6.18 Å². The van der Waals surface area contributed by atoms with Gasteiger partial charge in [0, 0.05) is 25.7 Å². The van der Waals surface area contributed by atoms with Gasteiger partial charge in [-0.25, -0.2) is 0 Å². The third-order valence-corrected chi connectivity index (χ3v) is 4.39. The van der Waals surface area contributed by atoms with Gasteiger partial charge in [-0.05, 0) is 24.1 Å². The van der Waals surface area contributed by atoms with Crippen molar-refractivity contribution < 1.29 is 13.2 Å². The molecule has 3 aromatic rings. The number of halogens is 3. The molecule has 1 atom stereocenters. The van der Waals surface area contributed by atoms with E-state index in [1.54, 1.807) is 6.07 Å². The largest absolute Gasteiger partial charge is 0.453 e. The van der Waals surface area contributed by atoms with E-state index < -0.39 is 12.0 Å². The van der Waals surface area contributed by atoms with E-state index in [0.29, 0.717) is 5.82 Å². The first-order valence-corrected chi connectivity index (χ1v) is 8.31. The van der Waals surface area contributed by atoms with E-state index >= 15 is 0 Å². The third-order valence-electron chi connectivity index (χ3n) is 4.39. The second-order valence-corrected chi connectivity index (χ2v) is 6.36. The first kappa shape index (κ1) is 16.8. The summed E-state index contributed by atoms with van der Waals surface area (Å²) >= 11 is 0. The minimum absolute atomic E-state index is 0.0694. The highest BCUT2D eigenvalue weighted by Crippen LogP contribution is 2.27. The van der Waals surface area contributed by atoms with Crippen LogP contribution in [0.4, 0.5) is 19.0 Å². The average Bonchev–Trinajstić information content (AvgIpc) is 3.22. The summed E-state index contributed by atoms with van der Waals surface area (Å²) in [5.41, 5.74) is 1.31. The van der Waals surface area contributed by atoms with Crippen LogP contribution in [0.15, 0.2) is 42.5 Å². The molecule has 1 aliphatic heterocycles. The van der Waals surface area contributed by atoms with Crippen molar-refractivity contribution in [2.45, 2.75) is 25.2 Å². The number of nitrogens with one attached hydrogen (secondary N) is 1. The molecular weight excluding hydrogens is 345 g/mol. The number of rotatable bonds is 4. The summed E-state index contributed by atoms with van der Waals surface area (Å²) in [5, 5.41) is 13.9. The normalized spacial score (nSPS) is 18.5. The number of alkyl halides is 3. The molecule has 0 saturated carbocycles. The molecule has 0 aliphatic carbocycles. The van der Waals surface area contributed by atoms with Crippen LogP contribution in [0, 0.1) is 0 Å². The van der Waals surface area contributed by atoms with Gasteiger partial charge in [0.25, 0.3) is 5.82 Å². The number of benzene rings is 1. The third kappa shape index (κ3) is 3.48. The van der Waals surface area contributed by atoms with E-state index in [4.69, 9.17) is 0 Å². The Labute approximate surface area is 147 Å². The van der Waals surface area contributed by atoms with Crippen LogP contribution in [0.5, 0.6) is 0 Å². The lowest BCUT2D eigenvalue weighted by Gasteiger charge is -2.17. The van der Waals surface area contributed by atoms with Crippen LogP contribution < -0.4 is 5.32 Å². The first-order valence-electron chi connectivity index (χ1n) is 8.31. The molecule has 3 heterocycles. The van der Waals surface area contributed by atoms with Gasteiger partial charge in [-0.1, -0.05) is 30.3 Å². The molecule has 4 rings (SSSR count). The smallest absolute Gasteiger partial charge is 0.365 e. The van der Waals surface area contributed by atoms with E-state index in [1.807, 2.05) is 18.2 Å². The van der Waals surface area contributed by atoms with Crippen LogP contribution in [0.3, 0.4) is 0 Å². The number of fused-ring (bicyclic) bond motifs is 1. The van der Waals surface area contributed by atoms with Gasteiger partial charge in [-0.15, -0.1) is 15.3 Å². The number of aromatic nitrogens is 4. The molecule has 1 saturated heterocycles. The highest BCUT2D eigenvalue weighted by atomic mass is 19.4. The fourth-order valence-corrected chi connectivity index (χ4v) is 3.19. The van der Waals surface area contributed by atoms with Crippen molar-refractivity contribution in [3.05, 3.63) is 53.9 Å². The standard InChI is InChI=1S/C17H17F3N6/c18-17(19,20)16-23-22-15-7-6-14(24-26(15)16)21-13-8-9-25(11-13)10-12-4-2-1-3-5-12/h1-7,13H,8-11H2,(H,21,24)/t13-/m0/s1. The molecule has 1 fully saturated rings. The van der Waals surface area contributed by atoms with Crippen molar-refractivity contribution in [2.24, 2.45) is 0 Å². The molecule has 0 radical (unpaired) electrons. The van der Waals surface area contributed by atoms with Crippen molar-refractivity contribution in [1.29, 1.82) is 0 Å². The van der Waals surface area contributed by atoms with Gasteiger partial charge < -0.3 is 5.32 Å². The van der Waals surface area contributed by atoms with Gasteiger partial charge in [0.1, 0.15) is 5.82 Å². The lowest BCUT2D eigenvalue weighted by Crippen LogP contribution is -2.26. The summed E-state index contributed by atoms with van der Waals surface area (Å²) in [6, 6.07) is 13.4. The van der Waals surface area contributed by atoms with E-state index in [2.05, 4.69) is 37.6 Å². The topological polar surface area (TPSA) is 58.4 Å². The average molecular weight is 362 g/mol. The SMILES string of the molecule is FC(F)(F)c1nnc2ccc(N[C@H]3CCN(Cc4ccccc4)C3)nn12. The Kier molecular flexibility index (Phi) is 4.23. The summed E-state index contributed by atoms with van der Waals surface area (Å²) in [6.45, 7) is 2.59. The molecule has 1 aromatic carbocycles. The second kappa shape index (κ2) is 6.56. The summed E-state index contributed by atoms with van der Waals surface area (Å²) in [6.07, 6.45) is -3.69. The van der Waals surface area contributed by atoms with Crippen LogP contribution in [0.25, 0.3) is 5.65 Å². The summed E-state index contributed by atoms with van der Waals surface area (Å²) in [5.74, 6) is -0.734.